The minimum atomic E-state index is -0.352. The van der Waals surface area contributed by atoms with E-state index in [4.69, 9.17) is 0 Å². The Morgan fingerprint density at radius 2 is 2.05 bits per heavy atom. The molecule has 0 aliphatic heterocycles. The number of nitrogens with zero attached hydrogens (tertiary/aromatic N) is 3. The van der Waals surface area contributed by atoms with E-state index < -0.39 is 0 Å². The van der Waals surface area contributed by atoms with E-state index >= 15 is 0 Å². The van der Waals surface area contributed by atoms with Crippen molar-refractivity contribution < 1.29 is 4.92 Å². The Labute approximate surface area is 112 Å². The molecule has 19 heavy (non-hydrogen) atoms. The highest BCUT2D eigenvalue weighted by Crippen LogP contribution is 2.26. The van der Waals surface area contributed by atoms with Crippen LogP contribution in [-0.4, -0.2) is 14.7 Å². The van der Waals surface area contributed by atoms with Crippen LogP contribution in [-0.2, 0) is 6.54 Å². The highest BCUT2D eigenvalue weighted by Gasteiger charge is 2.14. The molecular formula is C14H17N3O2. The van der Waals surface area contributed by atoms with Crippen LogP contribution >= 0.6 is 0 Å². The average Bonchev–Trinajstić information content (AvgIpc) is 2.72. The molecule has 0 aliphatic carbocycles. The first kappa shape index (κ1) is 13.3. The fraction of sp³-hybridized carbons (Fsp3) is 0.357. The number of aromatic nitrogens is 2. The van der Waals surface area contributed by atoms with Gasteiger partial charge in [0.15, 0.2) is 0 Å². The Bertz CT molecular complexity index is 617. The summed E-state index contributed by atoms with van der Waals surface area (Å²) in [7, 11) is 0. The van der Waals surface area contributed by atoms with Gasteiger partial charge in [-0.05, 0) is 26.3 Å². The van der Waals surface area contributed by atoms with E-state index in [1.165, 1.54) is 0 Å². The minimum Gasteiger partial charge on any atom is -0.269 e. The molecule has 1 heterocycles. The van der Waals surface area contributed by atoms with Crippen molar-refractivity contribution in [3.8, 4) is 11.3 Å². The van der Waals surface area contributed by atoms with E-state index in [1.807, 2.05) is 23.7 Å². The molecule has 2 rings (SSSR count). The Kier molecular flexibility index (Phi) is 3.64. The molecule has 0 unspecified atom stereocenters. The molecule has 5 heteroatoms. The highest BCUT2D eigenvalue weighted by molar-refractivity contribution is 5.64. The first-order chi connectivity index (χ1) is 9.02. The molecule has 2 aromatic rings. The lowest BCUT2D eigenvalue weighted by molar-refractivity contribution is -0.385. The fourth-order valence-electron chi connectivity index (χ4n) is 2.05. The van der Waals surface area contributed by atoms with Crippen molar-refractivity contribution in [2.75, 3.05) is 0 Å². The van der Waals surface area contributed by atoms with Crippen molar-refractivity contribution in [3.05, 3.63) is 45.6 Å². The van der Waals surface area contributed by atoms with Crippen molar-refractivity contribution in [1.82, 2.24) is 9.78 Å². The van der Waals surface area contributed by atoms with E-state index in [9.17, 15) is 10.1 Å². The predicted octanol–water partition coefficient (Wildman–Crippen LogP) is 3.49. The number of aryl methyl sites for hydroxylation is 3. The van der Waals surface area contributed by atoms with Gasteiger partial charge >= 0.3 is 0 Å². The van der Waals surface area contributed by atoms with Gasteiger partial charge in [-0.2, -0.15) is 5.10 Å². The number of hydrogen-bond donors (Lipinski definition) is 0. The van der Waals surface area contributed by atoms with Crippen molar-refractivity contribution in [2.24, 2.45) is 0 Å². The van der Waals surface area contributed by atoms with E-state index in [0.717, 1.165) is 29.9 Å². The summed E-state index contributed by atoms with van der Waals surface area (Å²) in [6, 6.07) is 7.19. The number of nitro groups is 1. The Hall–Kier alpha value is -2.17. The summed E-state index contributed by atoms with van der Waals surface area (Å²) >= 11 is 0. The van der Waals surface area contributed by atoms with E-state index in [-0.39, 0.29) is 10.6 Å². The maximum atomic E-state index is 11.0. The molecule has 1 aromatic carbocycles. The molecule has 0 aliphatic rings. The highest BCUT2D eigenvalue weighted by atomic mass is 16.6. The standard InChI is InChI=1S/C14H17N3O2/c1-4-7-16-11(3)8-13(15-16)12-6-5-10(2)14(9-12)17(18)19/h5-6,8-9H,4,7H2,1-3H3. The van der Waals surface area contributed by atoms with Crippen molar-refractivity contribution >= 4 is 5.69 Å². The van der Waals surface area contributed by atoms with Crippen molar-refractivity contribution in [1.29, 1.82) is 0 Å². The van der Waals surface area contributed by atoms with Gasteiger partial charge in [0.2, 0.25) is 0 Å². The molecule has 0 saturated carbocycles. The molecule has 0 N–H and O–H groups in total. The molecular weight excluding hydrogens is 242 g/mol. The molecule has 1 aromatic heterocycles. The second kappa shape index (κ2) is 5.22. The molecule has 100 valence electrons. The van der Waals surface area contributed by atoms with Gasteiger partial charge in [-0.25, -0.2) is 0 Å². The third kappa shape index (κ3) is 2.65. The topological polar surface area (TPSA) is 61.0 Å². The van der Waals surface area contributed by atoms with Crippen LogP contribution in [0.4, 0.5) is 5.69 Å². The largest absolute Gasteiger partial charge is 0.272 e. The van der Waals surface area contributed by atoms with Crippen LogP contribution in [0.25, 0.3) is 11.3 Å². The van der Waals surface area contributed by atoms with Crippen LogP contribution in [0.2, 0.25) is 0 Å². The summed E-state index contributed by atoms with van der Waals surface area (Å²) < 4.78 is 1.93. The monoisotopic (exact) mass is 259 g/mol. The summed E-state index contributed by atoms with van der Waals surface area (Å²) in [6.45, 7) is 6.69. The maximum Gasteiger partial charge on any atom is 0.272 e. The van der Waals surface area contributed by atoms with Crippen LogP contribution in [0.15, 0.2) is 24.3 Å². The summed E-state index contributed by atoms with van der Waals surface area (Å²) in [5, 5.41) is 15.5. The maximum absolute atomic E-state index is 11.0. The van der Waals surface area contributed by atoms with Crippen LogP contribution in [0.5, 0.6) is 0 Å². The second-order valence-corrected chi connectivity index (χ2v) is 4.65. The molecule has 0 fully saturated rings. The number of benzene rings is 1. The molecule has 0 saturated heterocycles. The van der Waals surface area contributed by atoms with E-state index in [0.29, 0.717) is 5.56 Å². The smallest absolute Gasteiger partial charge is 0.269 e. The predicted molar refractivity (Wildman–Crippen MR) is 74.1 cm³/mol. The quantitative estimate of drug-likeness (QED) is 0.623. The summed E-state index contributed by atoms with van der Waals surface area (Å²) in [5.41, 5.74) is 3.45. The zero-order valence-electron chi connectivity index (χ0n) is 11.4. The van der Waals surface area contributed by atoms with Gasteiger partial charge in [-0.15, -0.1) is 0 Å². The van der Waals surface area contributed by atoms with E-state index in [1.54, 1.807) is 19.1 Å². The SMILES string of the molecule is CCCn1nc(-c2ccc(C)c([N+](=O)[O-])c2)cc1C. The van der Waals surface area contributed by atoms with Gasteiger partial charge in [-0.3, -0.25) is 14.8 Å². The number of nitro benzene ring substituents is 1. The van der Waals surface area contributed by atoms with Crippen molar-refractivity contribution in [3.63, 3.8) is 0 Å². The zero-order chi connectivity index (χ0) is 14.0. The van der Waals surface area contributed by atoms with Crippen molar-refractivity contribution in [2.45, 2.75) is 33.7 Å². The third-order valence-corrected chi connectivity index (χ3v) is 3.12. The van der Waals surface area contributed by atoms with Crippen LogP contribution in [0.3, 0.4) is 0 Å². The first-order valence-corrected chi connectivity index (χ1v) is 6.32. The Balaban J connectivity index is 2.44. The van der Waals surface area contributed by atoms with Crippen LogP contribution in [0.1, 0.15) is 24.6 Å². The number of hydrogen-bond acceptors (Lipinski definition) is 3. The lowest BCUT2D eigenvalue weighted by Gasteiger charge is -2.01. The normalized spacial score (nSPS) is 10.7. The van der Waals surface area contributed by atoms with Gasteiger partial charge < -0.3 is 0 Å². The van der Waals surface area contributed by atoms with Crippen LogP contribution in [0, 0.1) is 24.0 Å². The molecule has 0 amide bonds. The lowest BCUT2D eigenvalue weighted by atomic mass is 10.1. The second-order valence-electron chi connectivity index (χ2n) is 4.65. The Morgan fingerprint density at radius 3 is 2.68 bits per heavy atom. The first-order valence-electron chi connectivity index (χ1n) is 6.32. The molecule has 0 bridgehead atoms. The van der Waals surface area contributed by atoms with Crippen LogP contribution < -0.4 is 0 Å². The van der Waals surface area contributed by atoms with Gasteiger partial charge in [0.1, 0.15) is 0 Å². The van der Waals surface area contributed by atoms with Gasteiger partial charge in [0.25, 0.3) is 5.69 Å². The molecule has 0 atom stereocenters. The summed E-state index contributed by atoms with van der Waals surface area (Å²) in [5.74, 6) is 0. The Morgan fingerprint density at radius 1 is 1.32 bits per heavy atom. The molecule has 0 spiro atoms. The van der Waals surface area contributed by atoms with E-state index in [2.05, 4.69) is 12.0 Å². The minimum absolute atomic E-state index is 0.139. The summed E-state index contributed by atoms with van der Waals surface area (Å²) in [6.07, 6.45) is 1.01. The van der Waals surface area contributed by atoms with Gasteiger partial charge in [-0.1, -0.05) is 19.1 Å². The van der Waals surface area contributed by atoms with Gasteiger partial charge in [0, 0.05) is 29.4 Å². The third-order valence-electron chi connectivity index (χ3n) is 3.12. The average molecular weight is 259 g/mol. The molecule has 5 nitrogen and oxygen atoms in total. The molecule has 0 radical (unpaired) electrons. The fourth-order valence-corrected chi connectivity index (χ4v) is 2.05. The zero-order valence-corrected chi connectivity index (χ0v) is 11.4. The number of rotatable bonds is 4. The lowest BCUT2D eigenvalue weighted by Crippen LogP contribution is -2.00. The summed E-state index contributed by atoms with van der Waals surface area (Å²) in [4.78, 5) is 10.6. The van der Waals surface area contributed by atoms with Gasteiger partial charge in [0.05, 0.1) is 10.6 Å².